The summed E-state index contributed by atoms with van der Waals surface area (Å²) in [6.07, 6.45) is 7.41. The summed E-state index contributed by atoms with van der Waals surface area (Å²) in [7, 11) is 1.90. The standard InChI is InChI=1S/C17H13N7/c1-24-9-11(8-20-24)10-5-12-16(22-23-17(12)19-7-10)15-6-14-13(21-15)3-2-4-18-14/h2-9,21H,1H3,(H,19,22,23). The highest BCUT2D eigenvalue weighted by Crippen LogP contribution is 2.29. The van der Waals surface area contributed by atoms with Crippen LogP contribution in [0.3, 0.4) is 0 Å². The van der Waals surface area contributed by atoms with Gasteiger partial charge < -0.3 is 4.98 Å². The summed E-state index contributed by atoms with van der Waals surface area (Å²) in [5.74, 6) is 0. The largest absolute Gasteiger partial charge is 0.352 e. The van der Waals surface area contributed by atoms with E-state index in [1.54, 1.807) is 10.9 Å². The molecule has 7 heteroatoms. The van der Waals surface area contributed by atoms with Gasteiger partial charge in [0.2, 0.25) is 0 Å². The molecule has 0 radical (unpaired) electrons. The van der Waals surface area contributed by atoms with E-state index in [9.17, 15) is 0 Å². The van der Waals surface area contributed by atoms with Crippen molar-refractivity contribution >= 4 is 22.1 Å². The zero-order valence-electron chi connectivity index (χ0n) is 12.9. The molecule has 2 N–H and O–H groups in total. The second-order valence-electron chi connectivity index (χ2n) is 5.71. The smallest absolute Gasteiger partial charge is 0.155 e. The number of nitrogens with zero attached hydrogens (tertiary/aromatic N) is 5. The summed E-state index contributed by atoms with van der Waals surface area (Å²) < 4.78 is 1.78. The molecule has 5 rings (SSSR count). The van der Waals surface area contributed by atoms with Crippen LogP contribution in [0.1, 0.15) is 0 Å². The predicted molar refractivity (Wildman–Crippen MR) is 91.2 cm³/mol. The fraction of sp³-hybridized carbons (Fsp3) is 0.0588. The molecule has 7 nitrogen and oxygen atoms in total. The molecule has 0 atom stereocenters. The van der Waals surface area contributed by atoms with E-state index in [1.807, 2.05) is 43.8 Å². The maximum absolute atomic E-state index is 4.48. The summed E-state index contributed by atoms with van der Waals surface area (Å²) in [5.41, 5.74) is 6.44. The molecule has 116 valence electrons. The molecule has 5 aromatic rings. The molecule has 0 fully saturated rings. The Morgan fingerprint density at radius 3 is 2.88 bits per heavy atom. The van der Waals surface area contributed by atoms with E-state index in [2.05, 4.69) is 36.3 Å². The van der Waals surface area contributed by atoms with Crippen molar-refractivity contribution in [1.82, 2.24) is 34.9 Å². The summed E-state index contributed by atoms with van der Waals surface area (Å²) >= 11 is 0. The molecule has 0 aliphatic heterocycles. The number of rotatable bonds is 2. The Morgan fingerprint density at radius 1 is 1.08 bits per heavy atom. The third-order valence-corrected chi connectivity index (χ3v) is 4.10. The van der Waals surface area contributed by atoms with Gasteiger partial charge in [-0.05, 0) is 24.3 Å². The topological polar surface area (TPSA) is 88.1 Å². The number of fused-ring (bicyclic) bond motifs is 2. The van der Waals surface area contributed by atoms with Gasteiger partial charge in [-0.3, -0.25) is 14.8 Å². The van der Waals surface area contributed by atoms with E-state index >= 15 is 0 Å². The van der Waals surface area contributed by atoms with Crippen molar-refractivity contribution in [2.24, 2.45) is 7.05 Å². The zero-order chi connectivity index (χ0) is 16.1. The maximum Gasteiger partial charge on any atom is 0.155 e. The first-order chi connectivity index (χ1) is 11.8. The van der Waals surface area contributed by atoms with Crippen molar-refractivity contribution in [2.45, 2.75) is 0 Å². The molecule has 0 spiro atoms. The molecule has 0 aromatic carbocycles. The quantitative estimate of drug-likeness (QED) is 0.524. The van der Waals surface area contributed by atoms with Gasteiger partial charge in [-0.15, -0.1) is 0 Å². The first-order valence-corrected chi connectivity index (χ1v) is 7.55. The second-order valence-corrected chi connectivity index (χ2v) is 5.71. The van der Waals surface area contributed by atoms with Gasteiger partial charge >= 0.3 is 0 Å². The molecule has 0 bridgehead atoms. The lowest BCUT2D eigenvalue weighted by atomic mass is 10.1. The molecule has 0 aliphatic carbocycles. The van der Waals surface area contributed by atoms with Crippen LogP contribution >= 0.6 is 0 Å². The number of hydrogen-bond donors (Lipinski definition) is 2. The second kappa shape index (κ2) is 4.76. The molecular weight excluding hydrogens is 302 g/mol. The van der Waals surface area contributed by atoms with Gasteiger partial charge in [-0.2, -0.15) is 10.2 Å². The first kappa shape index (κ1) is 13.0. The van der Waals surface area contributed by atoms with Crippen molar-refractivity contribution in [1.29, 1.82) is 0 Å². The average Bonchev–Trinajstić information content (AvgIpc) is 3.30. The van der Waals surface area contributed by atoms with Crippen molar-refractivity contribution < 1.29 is 0 Å². The van der Waals surface area contributed by atoms with Crippen LogP contribution in [0.5, 0.6) is 0 Å². The lowest BCUT2D eigenvalue weighted by molar-refractivity contribution is 0.768. The monoisotopic (exact) mass is 315 g/mol. The van der Waals surface area contributed by atoms with Crippen molar-refractivity contribution in [3.05, 3.63) is 49.1 Å². The van der Waals surface area contributed by atoms with Crippen molar-refractivity contribution in [3.63, 3.8) is 0 Å². The molecule has 0 unspecified atom stereocenters. The SMILES string of the molecule is Cn1cc(-c2cnc3[nH]nc(-c4cc5ncccc5[nH]4)c3c2)cn1. The van der Waals surface area contributed by atoms with Crippen molar-refractivity contribution in [3.8, 4) is 22.5 Å². The van der Waals surface area contributed by atoms with Crippen LogP contribution < -0.4 is 0 Å². The molecule has 24 heavy (non-hydrogen) atoms. The van der Waals surface area contributed by atoms with E-state index in [0.29, 0.717) is 0 Å². The zero-order valence-corrected chi connectivity index (χ0v) is 12.9. The number of aryl methyl sites for hydroxylation is 1. The Hall–Kier alpha value is -3.48. The van der Waals surface area contributed by atoms with E-state index in [-0.39, 0.29) is 0 Å². The van der Waals surface area contributed by atoms with E-state index in [1.165, 1.54) is 0 Å². The molecule has 0 saturated carbocycles. The minimum atomic E-state index is 0.754. The Labute approximate surface area is 136 Å². The van der Waals surface area contributed by atoms with Gasteiger partial charge in [0, 0.05) is 42.2 Å². The van der Waals surface area contributed by atoms with E-state index in [0.717, 1.165) is 44.6 Å². The molecule has 5 aromatic heterocycles. The summed E-state index contributed by atoms with van der Waals surface area (Å²) in [4.78, 5) is 12.2. The summed E-state index contributed by atoms with van der Waals surface area (Å²) in [5, 5.41) is 12.6. The average molecular weight is 315 g/mol. The molecule has 0 aliphatic rings. The third kappa shape index (κ3) is 1.91. The van der Waals surface area contributed by atoms with Crippen LogP contribution in [0.15, 0.2) is 49.1 Å². The molecular formula is C17H13N7. The number of hydrogen-bond acceptors (Lipinski definition) is 4. The predicted octanol–water partition coefficient (Wildman–Crippen LogP) is 2.90. The van der Waals surface area contributed by atoms with Gasteiger partial charge in [-0.1, -0.05) is 0 Å². The van der Waals surface area contributed by atoms with Gasteiger partial charge in [0.05, 0.1) is 22.9 Å². The van der Waals surface area contributed by atoms with Gasteiger partial charge in [-0.25, -0.2) is 4.98 Å². The summed E-state index contributed by atoms with van der Waals surface area (Å²) in [6, 6.07) is 7.99. The number of aromatic amines is 2. The Kier molecular flexibility index (Phi) is 2.58. The molecule has 0 amide bonds. The minimum absolute atomic E-state index is 0.754. The molecule has 5 heterocycles. The lowest BCUT2D eigenvalue weighted by Crippen LogP contribution is -1.84. The van der Waals surface area contributed by atoms with Crippen LogP contribution in [0, 0.1) is 0 Å². The fourth-order valence-electron chi connectivity index (χ4n) is 2.92. The number of H-pyrrole nitrogens is 2. The van der Waals surface area contributed by atoms with Crippen LogP contribution in [0.4, 0.5) is 0 Å². The van der Waals surface area contributed by atoms with E-state index < -0.39 is 0 Å². The minimum Gasteiger partial charge on any atom is -0.352 e. The maximum atomic E-state index is 4.48. The van der Waals surface area contributed by atoms with Crippen LogP contribution in [-0.2, 0) is 7.05 Å². The Balaban J connectivity index is 1.70. The fourth-order valence-corrected chi connectivity index (χ4v) is 2.92. The van der Waals surface area contributed by atoms with Crippen molar-refractivity contribution in [2.75, 3.05) is 0 Å². The highest BCUT2D eigenvalue weighted by Gasteiger charge is 2.13. The Bertz CT molecular complexity index is 1150. The van der Waals surface area contributed by atoms with Gasteiger partial charge in [0.1, 0.15) is 5.69 Å². The normalized spacial score (nSPS) is 11.5. The van der Waals surface area contributed by atoms with Gasteiger partial charge in [0.25, 0.3) is 0 Å². The lowest BCUT2D eigenvalue weighted by Gasteiger charge is -1.98. The Morgan fingerprint density at radius 2 is 2.04 bits per heavy atom. The summed E-state index contributed by atoms with van der Waals surface area (Å²) in [6.45, 7) is 0. The first-order valence-electron chi connectivity index (χ1n) is 7.55. The third-order valence-electron chi connectivity index (χ3n) is 4.10. The van der Waals surface area contributed by atoms with Crippen LogP contribution in [-0.4, -0.2) is 34.9 Å². The molecule has 0 saturated heterocycles. The van der Waals surface area contributed by atoms with Crippen LogP contribution in [0.25, 0.3) is 44.6 Å². The number of pyridine rings is 2. The highest BCUT2D eigenvalue weighted by molar-refractivity contribution is 5.95. The van der Waals surface area contributed by atoms with Gasteiger partial charge in [0.15, 0.2) is 5.65 Å². The van der Waals surface area contributed by atoms with Crippen LogP contribution in [0.2, 0.25) is 0 Å². The highest BCUT2D eigenvalue weighted by atomic mass is 15.2. The number of nitrogens with one attached hydrogen (secondary N) is 2. The number of aromatic nitrogens is 7. The van der Waals surface area contributed by atoms with E-state index in [4.69, 9.17) is 0 Å².